The third-order valence-electron chi connectivity index (χ3n) is 3.96. The van der Waals surface area contributed by atoms with Crippen molar-refractivity contribution in [2.24, 2.45) is 0 Å². The number of nitrogens with zero attached hydrogens (tertiary/aromatic N) is 3. The quantitative estimate of drug-likeness (QED) is 0.891. The van der Waals surface area contributed by atoms with E-state index < -0.39 is 0 Å². The minimum Gasteiger partial charge on any atom is -0.369 e. The minimum atomic E-state index is 0.501. The molecule has 20 heavy (non-hydrogen) atoms. The first-order valence-electron chi connectivity index (χ1n) is 7.76. The van der Waals surface area contributed by atoms with Gasteiger partial charge in [0.15, 0.2) is 0 Å². The molecule has 1 aromatic rings. The maximum absolute atomic E-state index is 4.47. The number of piperazine rings is 1. The lowest BCUT2D eigenvalue weighted by atomic mass is 10.1. The summed E-state index contributed by atoms with van der Waals surface area (Å²) in [5.74, 6) is 0. The van der Waals surface area contributed by atoms with E-state index in [1.54, 1.807) is 0 Å². The highest BCUT2D eigenvalue weighted by atomic mass is 15.3. The second-order valence-electron chi connectivity index (χ2n) is 5.91. The van der Waals surface area contributed by atoms with Gasteiger partial charge in [0.25, 0.3) is 0 Å². The summed E-state index contributed by atoms with van der Waals surface area (Å²) in [5, 5.41) is 3.50. The molecule has 0 saturated carbocycles. The summed E-state index contributed by atoms with van der Waals surface area (Å²) in [7, 11) is 0. The van der Waals surface area contributed by atoms with Crippen LogP contribution in [-0.4, -0.2) is 48.6 Å². The molecule has 0 aliphatic carbocycles. The molecule has 0 atom stereocenters. The van der Waals surface area contributed by atoms with Gasteiger partial charge in [-0.05, 0) is 19.5 Å². The average Bonchev–Trinajstić information content (AvgIpc) is 2.46. The first kappa shape index (κ1) is 15.3. The molecule has 0 radical (unpaired) electrons. The fraction of sp³-hybridized carbons (Fsp3) is 0.688. The van der Waals surface area contributed by atoms with Gasteiger partial charge in [-0.1, -0.05) is 20.8 Å². The van der Waals surface area contributed by atoms with E-state index in [-0.39, 0.29) is 0 Å². The molecule has 1 aromatic heterocycles. The lowest BCUT2D eigenvalue weighted by Gasteiger charge is -2.36. The highest BCUT2D eigenvalue weighted by Gasteiger charge is 2.18. The van der Waals surface area contributed by atoms with Crippen LogP contribution in [0, 0.1) is 6.92 Å². The average molecular weight is 276 g/mol. The Morgan fingerprint density at radius 3 is 2.55 bits per heavy atom. The van der Waals surface area contributed by atoms with E-state index in [0.29, 0.717) is 6.04 Å². The molecule has 0 bridgehead atoms. The van der Waals surface area contributed by atoms with E-state index in [0.717, 1.165) is 45.0 Å². The molecule has 1 aliphatic heterocycles. The Kier molecular flexibility index (Phi) is 5.38. The SMILES string of the molecule is CCN1CCN(c2cc(C)ncc2CNC(C)C)CC1. The standard InChI is InChI=1S/C16H28N4/c1-5-19-6-8-20(9-7-19)16-10-14(4)18-12-15(16)11-17-13(2)3/h10,12-13,17H,5-9,11H2,1-4H3. The molecule has 4 nitrogen and oxygen atoms in total. The summed E-state index contributed by atoms with van der Waals surface area (Å²) >= 11 is 0. The molecular weight excluding hydrogens is 248 g/mol. The van der Waals surface area contributed by atoms with Gasteiger partial charge >= 0.3 is 0 Å². The maximum atomic E-state index is 4.47. The zero-order valence-electron chi connectivity index (χ0n) is 13.3. The van der Waals surface area contributed by atoms with Gasteiger partial charge in [0, 0.05) is 61.9 Å². The molecule has 0 amide bonds. The van der Waals surface area contributed by atoms with Gasteiger partial charge in [-0.15, -0.1) is 0 Å². The third kappa shape index (κ3) is 3.93. The largest absolute Gasteiger partial charge is 0.369 e. The highest BCUT2D eigenvalue weighted by Crippen LogP contribution is 2.22. The van der Waals surface area contributed by atoms with Crippen LogP contribution in [0.3, 0.4) is 0 Å². The van der Waals surface area contributed by atoms with E-state index >= 15 is 0 Å². The van der Waals surface area contributed by atoms with Crippen molar-refractivity contribution in [2.45, 2.75) is 40.3 Å². The second kappa shape index (κ2) is 7.04. The van der Waals surface area contributed by atoms with Crippen LogP contribution in [-0.2, 0) is 6.54 Å². The summed E-state index contributed by atoms with van der Waals surface area (Å²) in [4.78, 5) is 9.49. The zero-order valence-corrected chi connectivity index (χ0v) is 13.3. The highest BCUT2D eigenvalue weighted by molar-refractivity contribution is 5.54. The number of aromatic nitrogens is 1. The van der Waals surface area contributed by atoms with Gasteiger partial charge in [0.05, 0.1) is 0 Å². The minimum absolute atomic E-state index is 0.501. The Hall–Kier alpha value is -1.13. The molecular formula is C16H28N4. The Morgan fingerprint density at radius 2 is 1.95 bits per heavy atom. The molecule has 0 unspecified atom stereocenters. The molecule has 1 saturated heterocycles. The smallest absolute Gasteiger partial charge is 0.0446 e. The number of aryl methyl sites for hydroxylation is 1. The monoisotopic (exact) mass is 276 g/mol. The fourth-order valence-electron chi connectivity index (χ4n) is 2.62. The van der Waals surface area contributed by atoms with Gasteiger partial charge in [0.2, 0.25) is 0 Å². The lowest BCUT2D eigenvalue weighted by molar-refractivity contribution is 0.271. The number of rotatable bonds is 5. The molecule has 112 valence electrons. The van der Waals surface area contributed by atoms with Crippen LogP contribution < -0.4 is 10.2 Å². The number of pyridine rings is 1. The predicted molar refractivity (Wildman–Crippen MR) is 85.3 cm³/mol. The molecule has 2 rings (SSSR count). The van der Waals surface area contributed by atoms with Crippen molar-refractivity contribution in [3.05, 3.63) is 23.5 Å². The summed E-state index contributed by atoms with van der Waals surface area (Å²) in [5.41, 5.74) is 3.78. The topological polar surface area (TPSA) is 31.4 Å². The molecule has 1 aliphatic rings. The van der Waals surface area contributed by atoms with Crippen LogP contribution in [0.5, 0.6) is 0 Å². The first-order chi connectivity index (χ1) is 9.60. The predicted octanol–water partition coefficient (Wildman–Crippen LogP) is 2.03. The Bertz CT molecular complexity index is 422. The Morgan fingerprint density at radius 1 is 1.25 bits per heavy atom. The van der Waals surface area contributed by atoms with Crippen molar-refractivity contribution >= 4 is 5.69 Å². The van der Waals surface area contributed by atoms with Gasteiger partial charge in [-0.25, -0.2) is 0 Å². The normalized spacial score (nSPS) is 16.9. The van der Waals surface area contributed by atoms with Crippen LogP contribution in [0.25, 0.3) is 0 Å². The van der Waals surface area contributed by atoms with Crippen molar-refractivity contribution in [1.82, 2.24) is 15.2 Å². The van der Waals surface area contributed by atoms with Gasteiger partial charge < -0.3 is 15.1 Å². The summed E-state index contributed by atoms with van der Waals surface area (Å²) in [6.07, 6.45) is 2.03. The molecule has 4 heteroatoms. The van der Waals surface area contributed by atoms with Gasteiger partial charge in [-0.2, -0.15) is 0 Å². The second-order valence-corrected chi connectivity index (χ2v) is 5.91. The number of nitrogens with one attached hydrogen (secondary N) is 1. The Balaban J connectivity index is 2.10. The van der Waals surface area contributed by atoms with E-state index in [2.05, 4.69) is 53.9 Å². The van der Waals surface area contributed by atoms with Crippen LogP contribution in [0.1, 0.15) is 32.0 Å². The van der Waals surface area contributed by atoms with Crippen LogP contribution in [0.2, 0.25) is 0 Å². The third-order valence-corrected chi connectivity index (χ3v) is 3.96. The molecule has 0 spiro atoms. The molecule has 1 fully saturated rings. The van der Waals surface area contributed by atoms with Crippen molar-refractivity contribution in [3.8, 4) is 0 Å². The van der Waals surface area contributed by atoms with E-state index in [9.17, 15) is 0 Å². The van der Waals surface area contributed by atoms with E-state index in [4.69, 9.17) is 0 Å². The first-order valence-corrected chi connectivity index (χ1v) is 7.76. The molecule has 1 N–H and O–H groups in total. The van der Waals surface area contributed by atoms with E-state index in [1.165, 1.54) is 11.3 Å². The Labute approximate surface area is 123 Å². The summed E-state index contributed by atoms with van der Waals surface area (Å²) in [6, 6.07) is 2.74. The van der Waals surface area contributed by atoms with Crippen LogP contribution in [0.4, 0.5) is 5.69 Å². The van der Waals surface area contributed by atoms with Crippen molar-refractivity contribution in [3.63, 3.8) is 0 Å². The fourth-order valence-corrected chi connectivity index (χ4v) is 2.62. The molecule has 2 heterocycles. The van der Waals surface area contributed by atoms with Crippen molar-refractivity contribution in [1.29, 1.82) is 0 Å². The van der Waals surface area contributed by atoms with Crippen molar-refractivity contribution in [2.75, 3.05) is 37.6 Å². The van der Waals surface area contributed by atoms with E-state index in [1.807, 2.05) is 6.20 Å². The van der Waals surface area contributed by atoms with Crippen LogP contribution >= 0.6 is 0 Å². The number of hydrogen-bond donors (Lipinski definition) is 1. The maximum Gasteiger partial charge on any atom is 0.0446 e. The van der Waals surface area contributed by atoms with Gasteiger partial charge in [-0.3, -0.25) is 4.98 Å². The number of anilines is 1. The summed E-state index contributed by atoms with van der Waals surface area (Å²) < 4.78 is 0. The number of hydrogen-bond acceptors (Lipinski definition) is 4. The molecule has 0 aromatic carbocycles. The number of likely N-dealkylation sites (N-methyl/N-ethyl adjacent to an activating group) is 1. The van der Waals surface area contributed by atoms with Crippen molar-refractivity contribution < 1.29 is 0 Å². The zero-order chi connectivity index (χ0) is 14.5. The van der Waals surface area contributed by atoms with Crippen LogP contribution in [0.15, 0.2) is 12.3 Å². The lowest BCUT2D eigenvalue weighted by Crippen LogP contribution is -2.46. The summed E-state index contributed by atoms with van der Waals surface area (Å²) in [6.45, 7) is 15.3. The van der Waals surface area contributed by atoms with Gasteiger partial charge in [0.1, 0.15) is 0 Å².